The minimum atomic E-state index is -2.93. The van der Waals surface area contributed by atoms with E-state index in [1.165, 1.54) is 0 Å². The van der Waals surface area contributed by atoms with Crippen molar-refractivity contribution in [3.8, 4) is 0 Å². The van der Waals surface area contributed by atoms with Gasteiger partial charge < -0.3 is 14.0 Å². The molecule has 0 aliphatic rings. The third-order valence-electron chi connectivity index (χ3n) is 0.915. The van der Waals surface area contributed by atoms with E-state index >= 15 is 0 Å². The first-order chi connectivity index (χ1) is 4.13. The summed E-state index contributed by atoms with van der Waals surface area (Å²) in [4.78, 5) is 9.83. The minimum absolute atomic E-state index is 0. The molecule has 10 heavy (non-hydrogen) atoms. The zero-order chi connectivity index (χ0) is 7.28. The molecule has 0 rings (SSSR count). The first kappa shape index (κ1) is 13.3. The Morgan fingerprint density at radius 3 is 2.40 bits per heavy atom. The van der Waals surface area contributed by atoms with Gasteiger partial charge in [0.2, 0.25) is 0 Å². The van der Waals surface area contributed by atoms with Gasteiger partial charge in [-0.25, -0.2) is 0 Å². The predicted octanol–water partition coefficient (Wildman–Crippen LogP) is 0.797. The molecule has 0 amide bonds. The average molecular weight is 215 g/mol. The fourth-order valence-electron chi connectivity index (χ4n) is 0.378. The molecule has 0 aromatic heterocycles. The van der Waals surface area contributed by atoms with Gasteiger partial charge in [0, 0.05) is 0 Å². The zero-order valence-corrected chi connectivity index (χ0v) is 7.96. The monoisotopic (exact) mass is 214 g/mol. The quantitative estimate of drug-likeness (QED) is 0.514. The molecule has 66 valence electrons. The van der Waals surface area contributed by atoms with Crippen LogP contribution in [0.1, 0.15) is 20.3 Å². The molecule has 0 saturated heterocycles. The van der Waals surface area contributed by atoms with Crippen LogP contribution in [0.15, 0.2) is 0 Å². The van der Waals surface area contributed by atoms with Gasteiger partial charge in [-0.2, -0.15) is 0 Å². The second kappa shape index (κ2) is 7.77. The van der Waals surface area contributed by atoms with Crippen LogP contribution in [0.2, 0.25) is 0 Å². The molecular formula is C5H12CuO3P. The predicted molar refractivity (Wildman–Crippen MR) is 34.4 cm³/mol. The maximum atomic E-state index is 9.83. The minimum Gasteiger partial charge on any atom is -0.781 e. The van der Waals surface area contributed by atoms with Crippen molar-refractivity contribution in [2.75, 3.05) is 6.61 Å². The fraction of sp³-hybridized carbons (Fsp3) is 1.00. The SMILES string of the molecule is CC(C)CCO[PH](=O)[O-].[Cu+]. The van der Waals surface area contributed by atoms with Crippen molar-refractivity contribution in [2.45, 2.75) is 20.3 Å². The van der Waals surface area contributed by atoms with Crippen molar-refractivity contribution in [3.05, 3.63) is 0 Å². The van der Waals surface area contributed by atoms with Gasteiger partial charge in [0.05, 0.1) is 6.61 Å². The molecule has 0 radical (unpaired) electrons. The van der Waals surface area contributed by atoms with Crippen molar-refractivity contribution in [1.29, 1.82) is 0 Å². The van der Waals surface area contributed by atoms with Crippen molar-refractivity contribution < 1.29 is 31.1 Å². The maximum Gasteiger partial charge on any atom is 1.00 e. The summed E-state index contributed by atoms with van der Waals surface area (Å²) < 4.78 is 14.2. The summed E-state index contributed by atoms with van der Waals surface area (Å²) in [5, 5.41) is 0. The molecule has 1 unspecified atom stereocenters. The molecule has 1 atom stereocenters. The van der Waals surface area contributed by atoms with E-state index in [4.69, 9.17) is 0 Å². The van der Waals surface area contributed by atoms with E-state index in [0.717, 1.165) is 6.42 Å². The molecule has 0 bridgehead atoms. The molecule has 3 nitrogen and oxygen atoms in total. The summed E-state index contributed by atoms with van der Waals surface area (Å²) in [7, 11) is -2.93. The molecule has 0 heterocycles. The second-order valence-electron chi connectivity index (χ2n) is 2.28. The van der Waals surface area contributed by atoms with Crippen LogP contribution < -0.4 is 4.89 Å². The van der Waals surface area contributed by atoms with Crippen molar-refractivity contribution >= 4 is 8.25 Å². The van der Waals surface area contributed by atoms with Gasteiger partial charge in [-0.1, -0.05) is 13.8 Å². The van der Waals surface area contributed by atoms with Crippen molar-refractivity contribution in [1.82, 2.24) is 0 Å². The molecule has 0 aromatic carbocycles. The maximum absolute atomic E-state index is 9.83. The van der Waals surface area contributed by atoms with Gasteiger partial charge >= 0.3 is 17.1 Å². The summed E-state index contributed by atoms with van der Waals surface area (Å²) in [6, 6.07) is 0. The first-order valence-corrected chi connectivity index (χ1v) is 4.19. The van der Waals surface area contributed by atoms with Crippen LogP contribution in [0.25, 0.3) is 0 Å². The van der Waals surface area contributed by atoms with E-state index in [9.17, 15) is 9.46 Å². The second-order valence-corrected chi connectivity index (χ2v) is 3.07. The molecular weight excluding hydrogens is 203 g/mol. The first-order valence-electron chi connectivity index (χ1n) is 2.96. The molecule has 0 N–H and O–H groups in total. The summed E-state index contributed by atoms with van der Waals surface area (Å²) >= 11 is 0. The van der Waals surface area contributed by atoms with Gasteiger partial charge in [0.25, 0.3) is 0 Å². The van der Waals surface area contributed by atoms with E-state index < -0.39 is 8.25 Å². The van der Waals surface area contributed by atoms with E-state index in [2.05, 4.69) is 4.52 Å². The molecule has 0 spiro atoms. The third-order valence-corrected chi connectivity index (χ3v) is 1.35. The summed E-state index contributed by atoms with van der Waals surface area (Å²) in [6.07, 6.45) is 0.804. The zero-order valence-electron chi connectivity index (χ0n) is 6.02. The van der Waals surface area contributed by atoms with Crippen LogP contribution in [0, 0.1) is 5.92 Å². The van der Waals surface area contributed by atoms with Crippen LogP contribution in [-0.4, -0.2) is 6.61 Å². The van der Waals surface area contributed by atoms with Gasteiger partial charge in [-0.05, 0) is 12.3 Å². The summed E-state index contributed by atoms with van der Waals surface area (Å²) in [6.45, 7) is 4.37. The molecule has 0 aromatic rings. The van der Waals surface area contributed by atoms with E-state index in [1.54, 1.807) is 0 Å². The Bertz CT molecular complexity index is 96.9. The van der Waals surface area contributed by atoms with E-state index in [0.29, 0.717) is 12.5 Å². The van der Waals surface area contributed by atoms with Gasteiger partial charge in [0.1, 0.15) is 8.25 Å². The summed E-state index contributed by atoms with van der Waals surface area (Å²) in [5.74, 6) is 0.506. The normalized spacial score (nSPS) is 12.8. The number of hydrogen-bond acceptors (Lipinski definition) is 3. The molecule has 0 aliphatic heterocycles. The molecule has 5 heteroatoms. The van der Waals surface area contributed by atoms with Crippen molar-refractivity contribution in [2.24, 2.45) is 5.92 Å². The van der Waals surface area contributed by atoms with Crippen LogP contribution in [0.4, 0.5) is 0 Å². The Morgan fingerprint density at radius 1 is 1.60 bits per heavy atom. The molecule has 0 saturated carbocycles. The van der Waals surface area contributed by atoms with E-state index in [-0.39, 0.29) is 17.1 Å². The third kappa shape index (κ3) is 11.5. The standard InChI is InChI=1S/C5H13O3P.Cu/c1-5(2)3-4-8-9(6)7;/h5,9H,3-4H2,1-2H3,(H,6,7);/q;+1/p-1. The van der Waals surface area contributed by atoms with Crippen LogP contribution in [0.3, 0.4) is 0 Å². The van der Waals surface area contributed by atoms with Gasteiger partial charge in [0.15, 0.2) is 0 Å². The van der Waals surface area contributed by atoms with E-state index in [1.807, 2.05) is 13.8 Å². The van der Waals surface area contributed by atoms with Crippen LogP contribution in [0.5, 0.6) is 0 Å². The smallest absolute Gasteiger partial charge is 0.781 e. The number of hydrogen-bond donors (Lipinski definition) is 0. The van der Waals surface area contributed by atoms with Gasteiger partial charge in [-0.15, -0.1) is 0 Å². The summed E-state index contributed by atoms with van der Waals surface area (Å²) in [5.41, 5.74) is 0. The Kier molecular flexibility index (Phi) is 10.3. The fourth-order valence-corrected chi connectivity index (χ4v) is 0.662. The van der Waals surface area contributed by atoms with Gasteiger partial charge in [-0.3, -0.25) is 0 Å². The Hall–Kier alpha value is 0.669. The largest absolute Gasteiger partial charge is 1.00 e. The topological polar surface area (TPSA) is 49.4 Å². The number of rotatable bonds is 4. The van der Waals surface area contributed by atoms with Crippen LogP contribution >= 0.6 is 8.25 Å². The Morgan fingerprint density at radius 2 is 2.10 bits per heavy atom. The molecule has 0 aliphatic carbocycles. The van der Waals surface area contributed by atoms with Crippen molar-refractivity contribution in [3.63, 3.8) is 0 Å². The molecule has 0 fully saturated rings. The Balaban J connectivity index is 0. The average Bonchev–Trinajstić information content (AvgIpc) is 1.63. The Labute approximate surface area is 72.6 Å². The van der Waals surface area contributed by atoms with Crippen LogP contribution in [-0.2, 0) is 26.2 Å².